The molecule has 3 aromatic rings. The number of nitrogens with zero attached hydrogens (tertiary/aromatic N) is 2. The molecule has 0 aliphatic heterocycles. The van der Waals surface area contributed by atoms with E-state index in [1.54, 1.807) is 0 Å². The Morgan fingerprint density at radius 3 is 1.89 bits per heavy atom. The van der Waals surface area contributed by atoms with Crippen molar-refractivity contribution in [2.45, 2.75) is 9.79 Å². The molecule has 0 aliphatic carbocycles. The Morgan fingerprint density at radius 2 is 1.32 bits per heavy atom. The third-order valence-corrected chi connectivity index (χ3v) is 5.43. The molecule has 0 atom stereocenters. The average Bonchev–Trinajstić information content (AvgIpc) is 2.59. The Bertz CT molecular complexity index is 1320. The standard InChI is InChI=1S/C16H12N2O8S2/c19-14-8-12(28(24,25)26)7-9-1-6-13(16(20)15(9)14)18-17-10-2-4-11(5-3-10)27(21,22)23/h1-8,19-20H,(H,21,22,23)(H,24,25,26). The normalized spacial score (nSPS) is 12.6. The third-order valence-electron chi connectivity index (χ3n) is 3.73. The van der Waals surface area contributed by atoms with E-state index in [2.05, 4.69) is 10.2 Å². The molecule has 0 saturated carbocycles. The number of rotatable bonds is 4. The van der Waals surface area contributed by atoms with E-state index in [1.807, 2.05) is 0 Å². The summed E-state index contributed by atoms with van der Waals surface area (Å²) in [6, 6.07) is 9.31. The lowest BCUT2D eigenvalue weighted by Crippen LogP contribution is -1.97. The van der Waals surface area contributed by atoms with E-state index in [-0.39, 0.29) is 27.0 Å². The van der Waals surface area contributed by atoms with Crippen molar-refractivity contribution in [1.29, 1.82) is 0 Å². The highest BCUT2D eigenvalue weighted by atomic mass is 32.2. The van der Waals surface area contributed by atoms with E-state index >= 15 is 0 Å². The monoisotopic (exact) mass is 424 g/mol. The average molecular weight is 424 g/mol. The molecule has 0 radical (unpaired) electrons. The van der Waals surface area contributed by atoms with Crippen LogP contribution < -0.4 is 0 Å². The fraction of sp³-hybridized carbons (Fsp3) is 0. The maximum Gasteiger partial charge on any atom is 0.294 e. The molecule has 0 spiro atoms. The maximum atomic E-state index is 11.2. The topological polar surface area (TPSA) is 174 Å². The van der Waals surface area contributed by atoms with Crippen LogP contribution in [0.1, 0.15) is 0 Å². The Balaban J connectivity index is 2.01. The van der Waals surface area contributed by atoms with Crippen molar-refractivity contribution in [2.24, 2.45) is 10.2 Å². The van der Waals surface area contributed by atoms with Gasteiger partial charge in [-0.15, -0.1) is 5.11 Å². The van der Waals surface area contributed by atoms with Crippen LogP contribution in [-0.2, 0) is 20.2 Å². The van der Waals surface area contributed by atoms with Crippen LogP contribution in [-0.4, -0.2) is 36.2 Å². The Morgan fingerprint density at radius 1 is 0.714 bits per heavy atom. The van der Waals surface area contributed by atoms with Crippen LogP contribution in [0.5, 0.6) is 11.5 Å². The molecule has 0 aliphatic rings. The molecule has 0 bridgehead atoms. The summed E-state index contributed by atoms with van der Waals surface area (Å²) in [5.74, 6) is -1.06. The summed E-state index contributed by atoms with van der Waals surface area (Å²) in [7, 11) is -8.88. The molecule has 0 amide bonds. The minimum absolute atomic E-state index is 0.0544. The lowest BCUT2D eigenvalue weighted by Gasteiger charge is -2.08. The third kappa shape index (κ3) is 3.94. The van der Waals surface area contributed by atoms with E-state index in [1.165, 1.54) is 24.3 Å². The van der Waals surface area contributed by atoms with E-state index < -0.39 is 36.6 Å². The van der Waals surface area contributed by atoms with Gasteiger partial charge < -0.3 is 10.2 Å². The predicted octanol–water partition coefficient (Wildman–Crippen LogP) is 3.16. The number of benzene rings is 3. The second-order valence-corrected chi connectivity index (χ2v) is 8.46. The highest BCUT2D eigenvalue weighted by Crippen LogP contribution is 2.41. The molecule has 28 heavy (non-hydrogen) atoms. The minimum atomic E-state index is -4.54. The van der Waals surface area contributed by atoms with Crippen LogP contribution in [0.3, 0.4) is 0 Å². The van der Waals surface area contributed by atoms with Crippen molar-refractivity contribution in [3.8, 4) is 11.5 Å². The Hall–Kier alpha value is -3.06. The zero-order valence-corrected chi connectivity index (χ0v) is 15.4. The second-order valence-electron chi connectivity index (χ2n) is 5.62. The first-order valence-electron chi connectivity index (χ1n) is 7.42. The molecule has 0 fully saturated rings. The van der Waals surface area contributed by atoms with Crippen LogP contribution in [0.15, 0.2) is 68.6 Å². The van der Waals surface area contributed by atoms with Gasteiger partial charge in [0.25, 0.3) is 20.2 Å². The van der Waals surface area contributed by atoms with Gasteiger partial charge in [-0.3, -0.25) is 9.11 Å². The number of azo groups is 1. The maximum absolute atomic E-state index is 11.2. The second kappa shape index (κ2) is 6.83. The van der Waals surface area contributed by atoms with Crippen LogP contribution in [0.4, 0.5) is 11.4 Å². The SMILES string of the molecule is O=S(=O)(O)c1ccc(N=Nc2ccc3cc(S(=O)(=O)O)cc(O)c3c2O)cc1. The van der Waals surface area contributed by atoms with Crippen LogP contribution in [0.25, 0.3) is 10.8 Å². The summed E-state index contributed by atoms with van der Waals surface area (Å²) in [6.07, 6.45) is 0. The van der Waals surface area contributed by atoms with Gasteiger partial charge in [0.2, 0.25) is 0 Å². The largest absolute Gasteiger partial charge is 0.507 e. The van der Waals surface area contributed by atoms with Crippen molar-refractivity contribution in [3.05, 3.63) is 48.5 Å². The Kier molecular flexibility index (Phi) is 4.81. The molecule has 146 valence electrons. The number of hydrogen-bond acceptors (Lipinski definition) is 8. The van der Waals surface area contributed by atoms with E-state index in [0.717, 1.165) is 24.3 Å². The summed E-state index contributed by atoms with van der Waals surface area (Å²) < 4.78 is 62.5. The van der Waals surface area contributed by atoms with Crippen molar-refractivity contribution < 1.29 is 36.2 Å². The molecule has 10 nitrogen and oxygen atoms in total. The van der Waals surface area contributed by atoms with Gasteiger partial charge in [0.15, 0.2) is 5.75 Å². The molecule has 3 rings (SSSR count). The van der Waals surface area contributed by atoms with Crippen molar-refractivity contribution in [2.75, 3.05) is 0 Å². The van der Waals surface area contributed by atoms with E-state index in [9.17, 15) is 27.0 Å². The van der Waals surface area contributed by atoms with E-state index in [4.69, 9.17) is 9.11 Å². The lowest BCUT2D eigenvalue weighted by molar-refractivity contribution is 0.460. The molecule has 3 aromatic carbocycles. The van der Waals surface area contributed by atoms with Crippen molar-refractivity contribution in [1.82, 2.24) is 0 Å². The molecular weight excluding hydrogens is 412 g/mol. The lowest BCUT2D eigenvalue weighted by atomic mass is 10.1. The van der Waals surface area contributed by atoms with Gasteiger partial charge in [0.05, 0.1) is 20.9 Å². The van der Waals surface area contributed by atoms with Gasteiger partial charge in [0, 0.05) is 6.07 Å². The first-order chi connectivity index (χ1) is 13.0. The zero-order chi connectivity index (χ0) is 20.7. The first kappa shape index (κ1) is 19.7. The quantitative estimate of drug-likeness (QED) is 0.365. The molecule has 0 saturated heterocycles. The van der Waals surface area contributed by atoms with Crippen LogP contribution >= 0.6 is 0 Å². The summed E-state index contributed by atoms with van der Waals surface area (Å²) in [5.41, 5.74) is 0.166. The van der Waals surface area contributed by atoms with Gasteiger partial charge in [-0.1, -0.05) is 6.07 Å². The highest BCUT2D eigenvalue weighted by molar-refractivity contribution is 7.86. The van der Waals surface area contributed by atoms with Crippen LogP contribution in [0, 0.1) is 0 Å². The van der Waals surface area contributed by atoms with Gasteiger partial charge in [-0.25, -0.2) is 0 Å². The zero-order valence-electron chi connectivity index (χ0n) is 13.8. The van der Waals surface area contributed by atoms with Crippen molar-refractivity contribution in [3.63, 3.8) is 0 Å². The highest BCUT2D eigenvalue weighted by Gasteiger charge is 2.17. The molecular formula is C16H12N2O8S2. The number of fused-ring (bicyclic) bond motifs is 1. The smallest absolute Gasteiger partial charge is 0.294 e. The number of hydrogen-bond donors (Lipinski definition) is 4. The molecule has 12 heteroatoms. The number of phenols is 2. The summed E-state index contributed by atoms with van der Waals surface area (Å²) in [4.78, 5) is -0.857. The molecule has 0 heterocycles. The summed E-state index contributed by atoms with van der Waals surface area (Å²) in [6.45, 7) is 0. The first-order valence-corrected chi connectivity index (χ1v) is 10.3. The Labute approximate surface area is 158 Å². The number of phenolic OH excluding ortho intramolecular Hbond substituents is 2. The van der Waals surface area contributed by atoms with E-state index in [0.29, 0.717) is 0 Å². The number of aromatic hydroxyl groups is 2. The van der Waals surface area contributed by atoms with Gasteiger partial charge >= 0.3 is 0 Å². The molecule has 0 unspecified atom stereocenters. The summed E-state index contributed by atoms with van der Waals surface area (Å²) >= 11 is 0. The van der Waals surface area contributed by atoms with Crippen LogP contribution in [0.2, 0.25) is 0 Å². The molecule has 0 aromatic heterocycles. The van der Waals surface area contributed by atoms with Gasteiger partial charge in [-0.2, -0.15) is 21.9 Å². The fourth-order valence-corrected chi connectivity index (χ4v) is 3.43. The molecule has 4 N–H and O–H groups in total. The minimum Gasteiger partial charge on any atom is -0.507 e. The summed E-state index contributed by atoms with van der Waals surface area (Å²) in [5, 5.41) is 28.0. The van der Waals surface area contributed by atoms with Gasteiger partial charge in [0.1, 0.15) is 11.4 Å². The van der Waals surface area contributed by atoms with Crippen molar-refractivity contribution >= 4 is 42.4 Å². The predicted molar refractivity (Wildman–Crippen MR) is 97.5 cm³/mol. The van der Waals surface area contributed by atoms with Gasteiger partial charge in [-0.05, 0) is 41.8 Å². The fourth-order valence-electron chi connectivity index (χ4n) is 2.41.